The minimum Gasteiger partial charge on any atom is -0.488 e. The summed E-state index contributed by atoms with van der Waals surface area (Å²) in [6, 6.07) is 44.2. The van der Waals surface area contributed by atoms with Gasteiger partial charge < -0.3 is 9.47 Å². The molecule has 0 bridgehead atoms. The molecule has 2 aliphatic rings. The maximum atomic E-state index is 6.82. The van der Waals surface area contributed by atoms with E-state index in [2.05, 4.69) is 135 Å². The molecular weight excluding hydrogens is 609 g/mol. The lowest BCUT2D eigenvalue weighted by molar-refractivity contribution is 0.302. The van der Waals surface area contributed by atoms with Gasteiger partial charge in [-0.1, -0.05) is 120 Å². The first-order chi connectivity index (χ1) is 24.6. The summed E-state index contributed by atoms with van der Waals surface area (Å²) in [5.41, 5.74) is 18.2. The largest absolute Gasteiger partial charge is 0.488 e. The molecule has 0 amide bonds. The molecule has 6 aromatic rings. The number of fused-ring (bicyclic) bond motifs is 2. The first-order valence-corrected chi connectivity index (χ1v) is 18.5. The minimum absolute atomic E-state index is 0.526. The van der Waals surface area contributed by atoms with Gasteiger partial charge in [-0.3, -0.25) is 0 Å². The number of hydrogen-bond acceptors (Lipinski definition) is 2. The number of ether oxygens (including phenoxy) is 2. The molecule has 0 fully saturated rings. The summed E-state index contributed by atoms with van der Waals surface area (Å²) in [6.45, 7) is 5.31. The molecule has 0 unspecified atom stereocenters. The highest BCUT2D eigenvalue weighted by atomic mass is 16.5. The van der Waals surface area contributed by atoms with Gasteiger partial charge in [0.15, 0.2) is 0 Å². The summed E-state index contributed by atoms with van der Waals surface area (Å²) in [7, 11) is 0. The molecule has 0 aromatic heterocycles. The first-order valence-electron chi connectivity index (χ1n) is 18.5. The second-order valence-electron chi connectivity index (χ2n) is 14.3. The fourth-order valence-corrected chi connectivity index (χ4v) is 7.80. The smallest absolute Gasteiger partial charge is 0.128 e. The Kier molecular flexibility index (Phi) is 9.27. The van der Waals surface area contributed by atoms with Crippen molar-refractivity contribution >= 4 is 0 Å². The average molecular weight is 655 g/mol. The molecule has 8 rings (SSSR count). The van der Waals surface area contributed by atoms with Crippen molar-refractivity contribution in [1.29, 1.82) is 0 Å². The summed E-state index contributed by atoms with van der Waals surface area (Å²) < 4.78 is 13.6. The van der Waals surface area contributed by atoms with E-state index in [0.717, 1.165) is 37.2 Å². The molecule has 0 heterocycles. The normalized spacial score (nSPS) is 13.7. The van der Waals surface area contributed by atoms with E-state index in [1.807, 2.05) is 0 Å². The molecule has 0 saturated carbocycles. The predicted molar refractivity (Wildman–Crippen MR) is 207 cm³/mol. The third-order valence-corrected chi connectivity index (χ3v) is 10.7. The quantitative estimate of drug-likeness (QED) is 0.154. The summed E-state index contributed by atoms with van der Waals surface area (Å²) in [6.07, 6.45) is 9.32. The lowest BCUT2D eigenvalue weighted by atomic mass is 9.80. The first kappa shape index (κ1) is 32.1. The molecule has 0 radical (unpaired) electrons. The average Bonchev–Trinajstić information content (AvgIpc) is 3.17. The highest BCUT2D eigenvalue weighted by Crippen LogP contribution is 2.47. The highest BCUT2D eigenvalue weighted by molar-refractivity contribution is 5.84. The van der Waals surface area contributed by atoms with E-state index in [4.69, 9.17) is 9.47 Å². The van der Waals surface area contributed by atoms with Gasteiger partial charge in [-0.05, 0) is 133 Å². The molecule has 0 spiro atoms. The van der Waals surface area contributed by atoms with E-state index >= 15 is 0 Å². The van der Waals surface area contributed by atoms with Gasteiger partial charge in [0.05, 0.1) is 0 Å². The SMILES string of the molecule is Cc1ccc(-c2ccc(COc3ccc4c(c3-c3c(OCc5ccc(-c6ccc(C)cc6)cc5)ccc5c3CCCC5)CCCC4)cc2)cc1. The number of hydrogen-bond donors (Lipinski definition) is 0. The van der Waals surface area contributed by atoms with E-state index in [0.29, 0.717) is 13.2 Å². The predicted octanol–water partition coefficient (Wildman–Crippen LogP) is 12.2. The van der Waals surface area contributed by atoms with Crippen LogP contribution in [0, 0.1) is 13.8 Å². The Labute approximate surface area is 297 Å². The van der Waals surface area contributed by atoms with Gasteiger partial charge >= 0.3 is 0 Å². The maximum Gasteiger partial charge on any atom is 0.128 e. The standard InChI is InChI=1S/C48H46O2/c1-33-11-19-37(20-12-33)39-23-15-35(16-24-39)31-49-45-29-27-41-7-3-5-9-43(41)47(45)48-44-10-6-4-8-42(44)28-30-46(48)50-32-36-17-25-40(26-18-36)38-21-13-34(2)14-22-38/h11-30H,3-10,31-32H2,1-2H3. The van der Waals surface area contributed by atoms with Crippen molar-refractivity contribution in [2.75, 3.05) is 0 Å². The Morgan fingerprint density at radius 2 is 0.720 bits per heavy atom. The molecule has 0 saturated heterocycles. The maximum absolute atomic E-state index is 6.82. The van der Waals surface area contributed by atoms with Gasteiger partial charge in [0.25, 0.3) is 0 Å². The molecule has 0 N–H and O–H groups in total. The summed E-state index contributed by atoms with van der Waals surface area (Å²) in [5, 5.41) is 0. The molecule has 0 atom stereocenters. The van der Waals surface area contributed by atoms with E-state index < -0.39 is 0 Å². The van der Waals surface area contributed by atoms with Crippen molar-refractivity contribution in [3.8, 4) is 44.9 Å². The van der Waals surface area contributed by atoms with Crippen molar-refractivity contribution in [3.63, 3.8) is 0 Å². The minimum atomic E-state index is 0.526. The topological polar surface area (TPSA) is 18.5 Å². The molecule has 2 heteroatoms. The lowest BCUT2D eigenvalue weighted by Gasteiger charge is -2.28. The van der Waals surface area contributed by atoms with Crippen LogP contribution in [0.1, 0.15) is 70.2 Å². The van der Waals surface area contributed by atoms with E-state index in [9.17, 15) is 0 Å². The molecule has 250 valence electrons. The van der Waals surface area contributed by atoms with Crippen LogP contribution in [0.5, 0.6) is 11.5 Å². The fourth-order valence-electron chi connectivity index (χ4n) is 7.80. The van der Waals surface area contributed by atoms with Gasteiger partial charge in [-0.25, -0.2) is 0 Å². The zero-order chi connectivity index (χ0) is 33.9. The number of aryl methyl sites for hydroxylation is 4. The van der Waals surface area contributed by atoms with Gasteiger partial charge in [0, 0.05) is 11.1 Å². The molecule has 2 nitrogen and oxygen atoms in total. The molecular formula is C48H46O2. The molecule has 50 heavy (non-hydrogen) atoms. The van der Waals surface area contributed by atoms with Crippen LogP contribution in [-0.2, 0) is 38.9 Å². The van der Waals surface area contributed by atoms with Crippen molar-refractivity contribution in [2.24, 2.45) is 0 Å². The van der Waals surface area contributed by atoms with Crippen LogP contribution in [0.4, 0.5) is 0 Å². The van der Waals surface area contributed by atoms with Crippen molar-refractivity contribution in [3.05, 3.63) is 166 Å². The van der Waals surface area contributed by atoms with Gasteiger partial charge in [0.2, 0.25) is 0 Å². The van der Waals surface area contributed by atoms with Gasteiger partial charge in [-0.2, -0.15) is 0 Å². The molecule has 0 aliphatic heterocycles. The number of benzene rings is 6. The molecule has 2 aliphatic carbocycles. The van der Waals surface area contributed by atoms with E-state index in [1.54, 1.807) is 0 Å². The third kappa shape index (κ3) is 6.85. The summed E-state index contributed by atoms with van der Waals surface area (Å²) in [5.74, 6) is 1.94. The van der Waals surface area contributed by atoms with Crippen LogP contribution in [0.15, 0.2) is 121 Å². The monoisotopic (exact) mass is 654 g/mol. The van der Waals surface area contributed by atoms with Crippen molar-refractivity contribution < 1.29 is 9.47 Å². The van der Waals surface area contributed by atoms with Crippen LogP contribution < -0.4 is 9.47 Å². The summed E-state index contributed by atoms with van der Waals surface area (Å²) >= 11 is 0. The summed E-state index contributed by atoms with van der Waals surface area (Å²) in [4.78, 5) is 0. The third-order valence-electron chi connectivity index (χ3n) is 10.7. The van der Waals surface area contributed by atoms with Crippen molar-refractivity contribution in [1.82, 2.24) is 0 Å². The Bertz CT molecular complexity index is 1930. The van der Waals surface area contributed by atoms with Gasteiger partial charge in [-0.15, -0.1) is 0 Å². The van der Waals surface area contributed by atoms with E-state index in [-0.39, 0.29) is 0 Å². The Balaban J connectivity index is 1.11. The lowest BCUT2D eigenvalue weighted by Crippen LogP contribution is -2.11. The van der Waals surface area contributed by atoms with E-state index in [1.165, 1.54) is 104 Å². The Morgan fingerprint density at radius 3 is 1.10 bits per heavy atom. The van der Waals surface area contributed by atoms with Crippen LogP contribution in [0.25, 0.3) is 33.4 Å². The number of rotatable bonds is 9. The van der Waals surface area contributed by atoms with Crippen LogP contribution in [0.3, 0.4) is 0 Å². The zero-order valence-electron chi connectivity index (χ0n) is 29.4. The Hall–Kier alpha value is -5.08. The van der Waals surface area contributed by atoms with Crippen molar-refractivity contribution in [2.45, 2.75) is 78.4 Å². The van der Waals surface area contributed by atoms with Crippen LogP contribution in [0.2, 0.25) is 0 Å². The zero-order valence-corrected chi connectivity index (χ0v) is 29.4. The van der Waals surface area contributed by atoms with Crippen LogP contribution in [-0.4, -0.2) is 0 Å². The van der Waals surface area contributed by atoms with Gasteiger partial charge in [0.1, 0.15) is 24.7 Å². The highest BCUT2D eigenvalue weighted by Gasteiger charge is 2.26. The fraction of sp³-hybridized carbons (Fsp3) is 0.250. The Morgan fingerprint density at radius 1 is 0.380 bits per heavy atom. The second-order valence-corrected chi connectivity index (χ2v) is 14.3. The van der Waals surface area contributed by atoms with Crippen LogP contribution >= 0.6 is 0 Å². The second kappa shape index (κ2) is 14.4. The molecule has 6 aromatic carbocycles.